The maximum atomic E-state index is 12.9. The number of amides is 3. The van der Waals surface area contributed by atoms with Gasteiger partial charge in [0.1, 0.15) is 0 Å². The molecule has 0 bridgehead atoms. The molecule has 0 N–H and O–H groups in total. The molecule has 1 atom stereocenters. The van der Waals surface area contributed by atoms with E-state index in [1.54, 1.807) is 4.90 Å². The van der Waals surface area contributed by atoms with Crippen LogP contribution in [0.15, 0.2) is 28.7 Å². The minimum absolute atomic E-state index is 0.00683. The van der Waals surface area contributed by atoms with Crippen molar-refractivity contribution in [2.75, 3.05) is 32.7 Å². The van der Waals surface area contributed by atoms with E-state index >= 15 is 0 Å². The molecular weight excluding hydrogens is 410 g/mol. The van der Waals surface area contributed by atoms with E-state index in [1.807, 2.05) is 47.9 Å². The van der Waals surface area contributed by atoms with Crippen molar-refractivity contribution in [3.63, 3.8) is 0 Å². The highest BCUT2D eigenvalue weighted by Gasteiger charge is 2.37. The number of halogens is 1. The van der Waals surface area contributed by atoms with E-state index in [2.05, 4.69) is 15.9 Å². The van der Waals surface area contributed by atoms with Crippen LogP contribution in [0.2, 0.25) is 0 Å². The number of hydrogen-bond donors (Lipinski definition) is 0. The van der Waals surface area contributed by atoms with Crippen LogP contribution in [0.4, 0.5) is 0 Å². The van der Waals surface area contributed by atoms with Gasteiger partial charge in [-0.15, -0.1) is 0 Å². The van der Waals surface area contributed by atoms with Gasteiger partial charge in [-0.1, -0.05) is 22.0 Å². The topological polar surface area (TPSA) is 60.9 Å². The lowest BCUT2D eigenvalue weighted by molar-refractivity contribution is -0.135. The first kappa shape index (κ1) is 19.9. The van der Waals surface area contributed by atoms with Gasteiger partial charge in [0.2, 0.25) is 11.8 Å². The van der Waals surface area contributed by atoms with Crippen LogP contribution in [0.25, 0.3) is 0 Å². The first-order valence-electron chi connectivity index (χ1n) is 9.50. The Morgan fingerprint density at radius 1 is 1.11 bits per heavy atom. The molecule has 6 nitrogen and oxygen atoms in total. The Morgan fingerprint density at radius 2 is 1.81 bits per heavy atom. The van der Waals surface area contributed by atoms with E-state index in [9.17, 15) is 14.4 Å². The summed E-state index contributed by atoms with van der Waals surface area (Å²) in [5.74, 6) is -0.159. The van der Waals surface area contributed by atoms with E-state index in [-0.39, 0.29) is 29.7 Å². The predicted octanol–water partition coefficient (Wildman–Crippen LogP) is 2.38. The second-order valence-corrected chi connectivity index (χ2v) is 8.44. The molecular formula is C20H26BrN3O3. The Hall–Kier alpha value is -1.89. The molecule has 1 unspecified atom stereocenters. The third-order valence-corrected chi connectivity index (χ3v) is 5.79. The van der Waals surface area contributed by atoms with E-state index in [1.165, 1.54) is 0 Å². The fraction of sp³-hybridized carbons (Fsp3) is 0.550. The molecule has 1 aromatic carbocycles. The molecule has 3 rings (SSSR count). The van der Waals surface area contributed by atoms with Crippen LogP contribution in [-0.2, 0) is 9.59 Å². The van der Waals surface area contributed by atoms with Crippen molar-refractivity contribution < 1.29 is 14.4 Å². The molecule has 0 aliphatic carbocycles. The van der Waals surface area contributed by atoms with Crippen LogP contribution in [-0.4, -0.2) is 71.2 Å². The number of likely N-dealkylation sites (tertiary alicyclic amines) is 1. The lowest BCUT2D eigenvalue weighted by atomic mass is 10.1. The molecule has 2 aliphatic rings. The number of carbonyl (C=O) groups excluding carboxylic acids is 3. The molecule has 27 heavy (non-hydrogen) atoms. The van der Waals surface area contributed by atoms with Crippen LogP contribution >= 0.6 is 15.9 Å². The van der Waals surface area contributed by atoms with Gasteiger partial charge in [0, 0.05) is 55.2 Å². The summed E-state index contributed by atoms with van der Waals surface area (Å²) in [4.78, 5) is 43.2. The van der Waals surface area contributed by atoms with Crippen molar-refractivity contribution in [2.45, 2.75) is 32.7 Å². The normalized spacial score (nSPS) is 21.0. The highest BCUT2D eigenvalue weighted by Crippen LogP contribution is 2.23. The van der Waals surface area contributed by atoms with Gasteiger partial charge in [0.25, 0.3) is 5.91 Å². The van der Waals surface area contributed by atoms with Crippen molar-refractivity contribution in [1.29, 1.82) is 0 Å². The Morgan fingerprint density at radius 3 is 2.48 bits per heavy atom. The van der Waals surface area contributed by atoms with E-state index < -0.39 is 0 Å². The van der Waals surface area contributed by atoms with E-state index in [0.29, 0.717) is 44.7 Å². The second-order valence-electron chi connectivity index (χ2n) is 7.52. The average molecular weight is 436 g/mol. The summed E-state index contributed by atoms with van der Waals surface area (Å²) in [5, 5.41) is 0. The summed E-state index contributed by atoms with van der Waals surface area (Å²) < 4.78 is 0.876. The smallest absolute Gasteiger partial charge is 0.253 e. The molecule has 2 aliphatic heterocycles. The van der Waals surface area contributed by atoms with Gasteiger partial charge >= 0.3 is 0 Å². The molecule has 146 valence electrons. The fourth-order valence-electron chi connectivity index (χ4n) is 3.80. The highest BCUT2D eigenvalue weighted by molar-refractivity contribution is 9.10. The minimum atomic E-state index is -0.257. The summed E-state index contributed by atoms with van der Waals surface area (Å²) >= 11 is 3.40. The first-order chi connectivity index (χ1) is 12.9. The van der Waals surface area contributed by atoms with Crippen molar-refractivity contribution in [3.05, 3.63) is 34.3 Å². The summed E-state index contributed by atoms with van der Waals surface area (Å²) in [7, 11) is 0. The summed E-state index contributed by atoms with van der Waals surface area (Å²) in [6, 6.07) is 7.50. The lowest BCUT2D eigenvalue weighted by Gasteiger charge is -2.25. The van der Waals surface area contributed by atoms with Crippen LogP contribution in [0.3, 0.4) is 0 Å². The standard InChI is InChI=1S/C20H26BrN3O3/c1-14(2)24-13-16(12-18(24)25)20(27)23-8-4-7-22(9-10-23)19(26)15-5-3-6-17(21)11-15/h3,5-6,11,14,16H,4,7-10,12-13H2,1-2H3. The average Bonchev–Trinajstić information content (AvgIpc) is 2.87. The Labute approximate surface area is 168 Å². The van der Waals surface area contributed by atoms with Crippen LogP contribution in [0, 0.1) is 5.92 Å². The predicted molar refractivity (Wildman–Crippen MR) is 106 cm³/mol. The lowest BCUT2D eigenvalue weighted by Crippen LogP contribution is -2.41. The van der Waals surface area contributed by atoms with Crippen LogP contribution in [0.1, 0.15) is 37.0 Å². The fourth-order valence-corrected chi connectivity index (χ4v) is 4.20. The van der Waals surface area contributed by atoms with Gasteiger partial charge in [-0.25, -0.2) is 0 Å². The Bertz CT molecular complexity index is 737. The maximum Gasteiger partial charge on any atom is 0.253 e. The minimum Gasteiger partial charge on any atom is -0.341 e. The van der Waals surface area contributed by atoms with E-state index in [4.69, 9.17) is 0 Å². The zero-order chi connectivity index (χ0) is 19.6. The number of nitrogens with zero attached hydrogens (tertiary/aromatic N) is 3. The number of benzene rings is 1. The second kappa shape index (κ2) is 8.42. The number of hydrogen-bond acceptors (Lipinski definition) is 3. The molecule has 1 aromatic rings. The Kier molecular flexibility index (Phi) is 6.19. The van der Waals surface area contributed by atoms with Crippen molar-refractivity contribution in [3.8, 4) is 0 Å². The SMILES string of the molecule is CC(C)N1CC(C(=O)N2CCCN(C(=O)c3cccc(Br)c3)CC2)CC1=O. The Balaban J connectivity index is 1.61. The first-order valence-corrected chi connectivity index (χ1v) is 10.3. The van der Waals surface area contributed by atoms with E-state index in [0.717, 1.165) is 10.9 Å². The van der Waals surface area contributed by atoms with Crippen LogP contribution < -0.4 is 0 Å². The largest absolute Gasteiger partial charge is 0.341 e. The summed E-state index contributed by atoms with van der Waals surface area (Å²) in [6.07, 6.45) is 1.05. The van der Waals surface area contributed by atoms with Gasteiger partial charge in [-0.2, -0.15) is 0 Å². The van der Waals surface area contributed by atoms with Crippen molar-refractivity contribution in [1.82, 2.24) is 14.7 Å². The number of rotatable bonds is 3. The van der Waals surface area contributed by atoms with Crippen LogP contribution in [0.5, 0.6) is 0 Å². The van der Waals surface area contributed by atoms with Gasteiger partial charge < -0.3 is 14.7 Å². The van der Waals surface area contributed by atoms with Crippen molar-refractivity contribution >= 4 is 33.7 Å². The summed E-state index contributed by atoms with van der Waals surface area (Å²) in [6.45, 7) is 6.76. The molecule has 0 radical (unpaired) electrons. The molecule has 2 fully saturated rings. The highest BCUT2D eigenvalue weighted by atomic mass is 79.9. The molecule has 7 heteroatoms. The molecule has 0 aromatic heterocycles. The molecule has 0 saturated carbocycles. The molecule has 2 saturated heterocycles. The zero-order valence-corrected chi connectivity index (χ0v) is 17.4. The van der Waals surface area contributed by atoms with Gasteiger partial charge in [-0.05, 0) is 38.5 Å². The molecule has 0 spiro atoms. The third-order valence-electron chi connectivity index (χ3n) is 5.30. The van der Waals surface area contributed by atoms with Crippen molar-refractivity contribution in [2.24, 2.45) is 5.92 Å². The molecule has 3 amide bonds. The van der Waals surface area contributed by atoms with Gasteiger partial charge in [0.05, 0.1) is 5.92 Å². The zero-order valence-electron chi connectivity index (χ0n) is 15.9. The maximum absolute atomic E-state index is 12.9. The van der Waals surface area contributed by atoms with Gasteiger partial charge in [0.15, 0.2) is 0 Å². The number of carbonyl (C=O) groups is 3. The quantitative estimate of drug-likeness (QED) is 0.731. The van der Waals surface area contributed by atoms with Gasteiger partial charge in [-0.3, -0.25) is 14.4 Å². The third kappa shape index (κ3) is 4.51. The monoisotopic (exact) mass is 435 g/mol. The molecule has 2 heterocycles. The summed E-state index contributed by atoms with van der Waals surface area (Å²) in [5.41, 5.74) is 0.651.